The van der Waals surface area contributed by atoms with Crippen molar-refractivity contribution in [1.82, 2.24) is 20.4 Å². The lowest BCUT2D eigenvalue weighted by molar-refractivity contribution is -0.137. The van der Waals surface area contributed by atoms with E-state index in [1.165, 1.54) is 6.08 Å². The molecule has 0 unspecified atom stereocenters. The van der Waals surface area contributed by atoms with Crippen LogP contribution >= 0.6 is 0 Å². The highest BCUT2D eigenvalue weighted by atomic mass is 19.4. The molecule has 0 aliphatic heterocycles. The number of hydrogen-bond donors (Lipinski definition) is 1. The van der Waals surface area contributed by atoms with Crippen LogP contribution in [-0.2, 0) is 6.18 Å². The van der Waals surface area contributed by atoms with Crippen molar-refractivity contribution in [3.8, 4) is 11.3 Å². The van der Waals surface area contributed by atoms with Crippen molar-refractivity contribution >= 4 is 12.2 Å². The van der Waals surface area contributed by atoms with E-state index < -0.39 is 11.7 Å². The molecule has 116 valence electrons. The van der Waals surface area contributed by atoms with Gasteiger partial charge < -0.3 is 0 Å². The second-order valence-electron chi connectivity index (χ2n) is 4.78. The highest BCUT2D eigenvalue weighted by Gasteiger charge is 2.30. The number of nitrogens with one attached hydrogen (secondary N) is 1. The highest BCUT2D eigenvalue weighted by molar-refractivity contribution is 5.71. The Balaban J connectivity index is 1.85. The molecular formula is C16H11F3N4. The molecule has 4 nitrogen and oxygen atoms in total. The molecule has 3 rings (SSSR count). The lowest BCUT2D eigenvalue weighted by atomic mass is 10.1. The summed E-state index contributed by atoms with van der Waals surface area (Å²) in [5.74, 6) is 0. The van der Waals surface area contributed by atoms with Crippen LogP contribution in [-0.4, -0.2) is 20.4 Å². The van der Waals surface area contributed by atoms with Gasteiger partial charge in [0.15, 0.2) is 0 Å². The molecule has 0 amide bonds. The summed E-state index contributed by atoms with van der Waals surface area (Å²) in [5, 5.41) is 10.3. The number of aromatic amines is 1. The third-order valence-corrected chi connectivity index (χ3v) is 3.15. The molecule has 1 N–H and O–H groups in total. The molecule has 0 saturated carbocycles. The topological polar surface area (TPSA) is 54.5 Å². The lowest BCUT2D eigenvalue weighted by Crippen LogP contribution is -2.05. The van der Waals surface area contributed by atoms with Gasteiger partial charge in [0.1, 0.15) is 5.69 Å². The van der Waals surface area contributed by atoms with Crippen molar-refractivity contribution in [1.29, 1.82) is 0 Å². The molecule has 2 aromatic heterocycles. The van der Waals surface area contributed by atoms with Gasteiger partial charge >= 0.3 is 6.18 Å². The molecule has 7 heteroatoms. The second kappa shape index (κ2) is 6.04. The van der Waals surface area contributed by atoms with Crippen molar-refractivity contribution in [3.05, 3.63) is 65.6 Å². The standard InChI is InChI=1S/C16H11F3N4/c17-16(18,19)13-6-7-20-14(9-13)5-4-11-2-1-3-12(8-11)15-10-21-23-22-15/h1-10H,(H,21,22,23)/b5-4+. The van der Waals surface area contributed by atoms with Gasteiger partial charge in [-0.25, -0.2) is 0 Å². The maximum Gasteiger partial charge on any atom is 0.416 e. The molecule has 23 heavy (non-hydrogen) atoms. The molecule has 0 aliphatic carbocycles. The largest absolute Gasteiger partial charge is 0.416 e. The number of nitrogens with zero attached hydrogens (tertiary/aromatic N) is 3. The van der Waals surface area contributed by atoms with Crippen LogP contribution in [0.5, 0.6) is 0 Å². The number of alkyl halides is 3. The first-order chi connectivity index (χ1) is 11.0. The predicted octanol–water partition coefficient (Wildman–Crippen LogP) is 4.06. The first-order valence-electron chi connectivity index (χ1n) is 6.70. The summed E-state index contributed by atoms with van der Waals surface area (Å²) in [4.78, 5) is 3.93. The number of halogens is 3. The zero-order valence-electron chi connectivity index (χ0n) is 11.7. The van der Waals surface area contributed by atoms with Gasteiger partial charge in [0, 0.05) is 11.8 Å². The number of rotatable bonds is 3. The Labute approximate surface area is 129 Å². The average molecular weight is 316 g/mol. The minimum absolute atomic E-state index is 0.242. The highest BCUT2D eigenvalue weighted by Crippen LogP contribution is 2.29. The van der Waals surface area contributed by atoms with Crippen LogP contribution in [0.3, 0.4) is 0 Å². The smallest absolute Gasteiger partial charge is 0.257 e. The van der Waals surface area contributed by atoms with Gasteiger partial charge in [0.05, 0.1) is 17.5 Å². The maximum atomic E-state index is 12.7. The van der Waals surface area contributed by atoms with E-state index >= 15 is 0 Å². The van der Waals surface area contributed by atoms with Crippen molar-refractivity contribution in [3.63, 3.8) is 0 Å². The molecule has 3 aromatic rings. The van der Waals surface area contributed by atoms with Crippen LogP contribution < -0.4 is 0 Å². The monoisotopic (exact) mass is 316 g/mol. The quantitative estimate of drug-likeness (QED) is 0.793. The van der Waals surface area contributed by atoms with E-state index in [9.17, 15) is 13.2 Å². The molecule has 0 bridgehead atoms. The van der Waals surface area contributed by atoms with Crippen LogP contribution in [0.2, 0.25) is 0 Å². The zero-order valence-corrected chi connectivity index (χ0v) is 11.7. The Morgan fingerprint density at radius 3 is 2.65 bits per heavy atom. The summed E-state index contributed by atoms with van der Waals surface area (Å²) in [7, 11) is 0. The van der Waals surface area contributed by atoms with Crippen LogP contribution in [0.4, 0.5) is 13.2 Å². The molecular weight excluding hydrogens is 305 g/mol. The number of pyridine rings is 1. The van der Waals surface area contributed by atoms with E-state index in [2.05, 4.69) is 20.4 Å². The van der Waals surface area contributed by atoms with Gasteiger partial charge in [-0.1, -0.05) is 24.3 Å². The van der Waals surface area contributed by atoms with E-state index in [4.69, 9.17) is 0 Å². The minimum Gasteiger partial charge on any atom is -0.257 e. The zero-order chi connectivity index (χ0) is 16.3. The summed E-state index contributed by atoms with van der Waals surface area (Å²) < 4.78 is 38.0. The SMILES string of the molecule is FC(F)(F)c1ccnc(/C=C/c2cccc(-c3cn[nH]n3)c2)c1. The van der Waals surface area contributed by atoms with E-state index in [1.807, 2.05) is 24.3 Å². The maximum absolute atomic E-state index is 12.7. The fourth-order valence-corrected chi connectivity index (χ4v) is 2.04. The van der Waals surface area contributed by atoms with Gasteiger partial charge in [-0.3, -0.25) is 4.98 Å². The van der Waals surface area contributed by atoms with E-state index in [0.29, 0.717) is 5.69 Å². The Bertz CT molecular complexity index is 823. The van der Waals surface area contributed by atoms with Gasteiger partial charge in [-0.2, -0.15) is 28.6 Å². The Morgan fingerprint density at radius 1 is 1.04 bits per heavy atom. The molecule has 1 aromatic carbocycles. The third-order valence-electron chi connectivity index (χ3n) is 3.15. The van der Waals surface area contributed by atoms with Crippen LogP contribution in [0, 0.1) is 0 Å². The van der Waals surface area contributed by atoms with Gasteiger partial charge in [-0.15, -0.1) is 0 Å². The Morgan fingerprint density at radius 2 is 1.91 bits per heavy atom. The first kappa shape index (κ1) is 15.0. The number of H-pyrrole nitrogens is 1. The van der Waals surface area contributed by atoms with E-state index in [1.54, 1.807) is 12.3 Å². The molecule has 0 spiro atoms. The lowest BCUT2D eigenvalue weighted by Gasteiger charge is -2.06. The average Bonchev–Trinajstić information content (AvgIpc) is 3.07. The van der Waals surface area contributed by atoms with Crippen molar-refractivity contribution in [2.75, 3.05) is 0 Å². The predicted molar refractivity (Wildman–Crippen MR) is 80.0 cm³/mol. The van der Waals surface area contributed by atoms with Gasteiger partial charge in [0.25, 0.3) is 0 Å². The van der Waals surface area contributed by atoms with Crippen molar-refractivity contribution < 1.29 is 13.2 Å². The summed E-state index contributed by atoms with van der Waals surface area (Å²) in [6, 6.07) is 9.37. The summed E-state index contributed by atoms with van der Waals surface area (Å²) in [6.45, 7) is 0. The first-order valence-corrected chi connectivity index (χ1v) is 6.70. The number of hydrogen-bond acceptors (Lipinski definition) is 3. The van der Waals surface area contributed by atoms with Crippen LogP contribution in [0.1, 0.15) is 16.8 Å². The third kappa shape index (κ3) is 3.63. The fourth-order valence-electron chi connectivity index (χ4n) is 2.04. The van der Waals surface area contributed by atoms with E-state index in [-0.39, 0.29) is 5.69 Å². The molecule has 0 fully saturated rings. The molecule has 2 heterocycles. The molecule has 0 atom stereocenters. The van der Waals surface area contributed by atoms with Crippen LogP contribution in [0.15, 0.2) is 48.8 Å². The Kier molecular flexibility index (Phi) is 3.92. The van der Waals surface area contributed by atoms with E-state index in [0.717, 1.165) is 29.5 Å². The molecule has 0 saturated heterocycles. The summed E-state index contributed by atoms with van der Waals surface area (Å²) in [6.07, 6.45) is 1.60. The second-order valence-corrected chi connectivity index (χ2v) is 4.78. The van der Waals surface area contributed by atoms with Crippen LogP contribution in [0.25, 0.3) is 23.4 Å². The van der Waals surface area contributed by atoms with Gasteiger partial charge in [0.2, 0.25) is 0 Å². The Hall–Kier alpha value is -2.96. The normalized spacial score (nSPS) is 12.0. The van der Waals surface area contributed by atoms with Crippen molar-refractivity contribution in [2.45, 2.75) is 6.18 Å². The fraction of sp³-hybridized carbons (Fsp3) is 0.0625. The van der Waals surface area contributed by atoms with Gasteiger partial charge in [-0.05, 0) is 29.8 Å². The number of benzene rings is 1. The van der Waals surface area contributed by atoms with Crippen molar-refractivity contribution in [2.24, 2.45) is 0 Å². The molecule has 0 radical (unpaired) electrons. The number of aromatic nitrogens is 4. The summed E-state index contributed by atoms with van der Waals surface area (Å²) >= 11 is 0. The molecule has 0 aliphatic rings. The minimum atomic E-state index is -4.38. The summed E-state index contributed by atoms with van der Waals surface area (Å²) in [5.41, 5.74) is 1.90.